The fourth-order valence-electron chi connectivity index (χ4n) is 1.89. The molecule has 4 nitrogen and oxygen atoms in total. The van der Waals surface area contributed by atoms with Crippen molar-refractivity contribution in [2.75, 3.05) is 18.2 Å². The lowest BCUT2D eigenvalue weighted by Gasteiger charge is -2.13. The van der Waals surface area contributed by atoms with Crippen molar-refractivity contribution in [2.24, 2.45) is 0 Å². The Morgan fingerprint density at radius 1 is 1.25 bits per heavy atom. The van der Waals surface area contributed by atoms with E-state index in [2.05, 4.69) is 21.2 Å². The number of carbonyl (C=O) groups excluding carboxylic acids is 1. The first-order valence-corrected chi connectivity index (χ1v) is 6.83. The molecule has 2 aromatic carbocycles. The van der Waals surface area contributed by atoms with Crippen LogP contribution in [0.5, 0.6) is 5.75 Å². The zero-order valence-electron chi connectivity index (χ0n) is 11.2. The molecule has 0 spiro atoms. The number of ether oxygens (including phenoxy) is 1. The Morgan fingerprint density at radius 3 is 2.65 bits per heavy atom. The second-order valence-electron chi connectivity index (χ2n) is 4.32. The van der Waals surface area contributed by atoms with E-state index in [-0.39, 0.29) is 5.91 Å². The molecule has 3 N–H and O–H groups in total. The van der Waals surface area contributed by atoms with Gasteiger partial charge in [0, 0.05) is 10.2 Å². The summed E-state index contributed by atoms with van der Waals surface area (Å²) >= 11 is 3.46. The van der Waals surface area contributed by atoms with Crippen LogP contribution in [0.2, 0.25) is 0 Å². The summed E-state index contributed by atoms with van der Waals surface area (Å²) in [6.45, 7) is 1.96. The van der Waals surface area contributed by atoms with E-state index < -0.39 is 0 Å². The lowest BCUT2D eigenvalue weighted by atomic mass is 10.1. The summed E-state index contributed by atoms with van der Waals surface area (Å²) in [4.78, 5) is 12.4. The number of halogens is 1. The van der Waals surface area contributed by atoms with E-state index in [1.807, 2.05) is 25.1 Å². The zero-order chi connectivity index (χ0) is 14.7. The molecule has 0 atom stereocenters. The number of rotatable bonds is 3. The average Bonchev–Trinajstić information content (AvgIpc) is 2.43. The normalized spacial score (nSPS) is 10.2. The predicted molar refractivity (Wildman–Crippen MR) is 84.2 cm³/mol. The molecule has 0 radical (unpaired) electrons. The van der Waals surface area contributed by atoms with E-state index in [4.69, 9.17) is 10.5 Å². The molecular weight excluding hydrogens is 320 g/mol. The van der Waals surface area contributed by atoms with Gasteiger partial charge in [0.15, 0.2) is 0 Å². The van der Waals surface area contributed by atoms with Gasteiger partial charge in [0.2, 0.25) is 0 Å². The van der Waals surface area contributed by atoms with E-state index >= 15 is 0 Å². The van der Waals surface area contributed by atoms with Gasteiger partial charge in [-0.15, -0.1) is 0 Å². The van der Waals surface area contributed by atoms with Gasteiger partial charge in [0.25, 0.3) is 5.91 Å². The minimum absolute atomic E-state index is 0.300. The van der Waals surface area contributed by atoms with Crippen molar-refractivity contribution < 1.29 is 9.53 Å². The second kappa shape index (κ2) is 5.96. The van der Waals surface area contributed by atoms with Crippen molar-refractivity contribution in [3.8, 4) is 5.75 Å². The van der Waals surface area contributed by atoms with Gasteiger partial charge < -0.3 is 15.8 Å². The molecule has 0 aliphatic carbocycles. The van der Waals surface area contributed by atoms with E-state index in [1.165, 1.54) is 7.11 Å². The number of hydrogen-bond acceptors (Lipinski definition) is 3. The number of nitrogens with one attached hydrogen (secondary N) is 1. The number of amides is 1. The second-order valence-corrected chi connectivity index (χ2v) is 5.11. The van der Waals surface area contributed by atoms with Crippen molar-refractivity contribution in [3.05, 3.63) is 52.0 Å². The summed E-state index contributed by atoms with van der Waals surface area (Å²) in [6, 6.07) is 10.8. The summed E-state index contributed by atoms with van der Waals surface area (Å²) in [5.74, 6) is 0.150. The van der Waals surface area contributed by atoms with Gasteiger partial charge in [0.1, 0.15) is 11.3 Å². The molecule has 0 heterocycles. The molecule has 0 fully saturated rings. The molecular formula is C15H15BrN2O2. The molecule has 5 heteroatoms. The first-order chi connectivity index (χ1) is 9.54. The molecule has 20 heavy (non-hydrogen) atoms. The SMILES string of the molecule is COc1cccc(N)c1C(=O)Nc1cccc(C)c1Br. The summed E-state index contributed by atoms with van der Waals surface area (Å²) in [7, 11) is 1.51. The lowest BCUT2D eigenvalue weighted by molar-refractivity contribution is 0.102. The summed E-state index contributed by atoms with van der Waals surface area (Å²) in [5, 5.41) is 2.84. The molecule has 0 aromatic heterocycles. The molecule has 2 aromatic rings. The minimum Gasteiger partial charge on any atom is -0.496 e. The van der Waals surface area contributed by atoms with E-state index in [0.717, 1.165) is 10.0 Å². The van der Waals surface area contributed by atoms with E-state index in [9.17, 15) is 4.79 Å². The quantitative estimate of drug-likeness (QED) is 0.843. The van der Waals surface area contributed by atoms with Crippen molar-refractivity contribution in [1.29, 1.82) is 0 Å². The maximum Gasteiger partial charge on any atom is 0.261 e. The molecule has 0 saturated carbocycles. The van der Waals surface area contributed by atoms with Gasteiger partial charge in [-0.3, -0.25) is 4.79 Å². The Morgan fingerprint density at radius 2 is 1.95 bits per heavy atom. The maximum absolute atomic E-state index is 12.4. The molecule has 0 saturated heterocycles. The number of hydrogen-bond donors (Lipinski definition) is 2. The summed E-state index contributed by atoms with van der Waals surface area (Å²) < 4.78 is 6.04. The highest BCUT2D eigenvalue weighted by Crippen LogP contribution is 2.29. The fourth-order valence-corrected chi connectivity index (χ4v) is 2.25. The Bertz CT molecular complexity index is 656. The van der Waals surface area contributed by atoms with Crippen molar-refractivity contribution in [2.45, 2.75) is 6.92 Å². The van der Waals surface area contributed by atoms with Crippen LogP contribution < -0.4 is 15.8 Å². The number of methoxy groups -OCH3 is 1. The molecule has 104 valence electrons. The first kappa shape index (κ1) is 14.4. The molecule has 0 bridgehead atoms. The number of nitrogens with two attached hydrogens (primary N) is 1. The van der Waals surface area contributed by atoms with Crippen LogP contribution in [0.1, 0.15) is 15.9 Å². The predicted octanol–water partition coefficient (Wildman–Crippen LogP) is 3.60. The number of nitrogen functional groups attached to an aromatic ring is 1. The van der Waals surface area contributed by atoms with Gasteiger partial charge in [-0.2, -0.15) is 0 Å². The van der Waals surface area contributed by atoms with E-state index in [1.54, 1.807) is 18.2 Å². The highest BCUT2D eigenvalue weighted by Gasteiger charge is 2.17. The third-order valence-electron chi connectivity index (χ3n) is 2.95. The average molecular weight is 335 g/mol. The van der Waals surface area contributed by atoms with Gasteiger partial charge in [-0.1, -0.05) is 18.2 Å². The molecule has 0 aliphatic rings. The molecule has 0 aliphatic heterocycles. The monoisotopic (exact) mass is 334 g/mol. The Balaban J connectivity index is 2.36. The number of benzene rings is 2. The molecule has 1 amide bonds. The van der Waals surface area contributed by atoms with Crippen LogP contribution in [-0.4, -0.2) is 13.0 Å². The zero-order valence-corrected chi connectivity index (χ0v) is 12.8. The van der Waals surface area contributed by atoms with Crippen molar-refractivity contribution in [3.63, 3.8) is 0 Å². The lowest BCUT2D eigenvalue weighted by Crippen LogP contribution is -2.15. The van der Waals surface area contributed by atoms with Crippen LogP contribution in [0.3, 0.4) is 0 Å². The largest absolute Gasteiger partial charge is 0.496 e. The van der Waals surface area contributed by atoms with Crippen molar-refractivity contribution >= 4 is 33.2 Å². The van der Waals surface area contributed by atoms with Gasteiger partial charge in [0.05, 0.1) is 12.8 Å². The van der Waals surface area contributed by atoms with Gasteiger partial charge >= 0.3 is 0 Å². The third kappa shape index (κ3) is 2.77. The minimum atomic E-state index is -0.300. The van der Waals surface area contributed by atoms with E-state index in [0.29, 0.717) is 22.7 Å². The smallest absolute Gasteiger partial charge is 0.261 e. The molecule has 2 rings (SSSR count). The number of carbonyl (C=O) groups is 1. The summed E-state index contributed by atoms with van der Waals surface area (Å²) in [6.07, 6.45) is 0. The van der Waals surface area contributed by atoms with Crippen LogP contribution in [0.15, 0.2) is 40.9 Å². The Kier molecular flexibility index (Phi) is 4.29. The first-order valence-electron chi connectivity index (χ1n) is 6.03. The van der Waals surface area contributed by atoms with Crippen molar-refractivity contribution in [1.82, 2.24) is 0 Å². The summed E-state index contributed by atoms with van der Waals surface area (Å²) in [5.41, 5.74) is 8.32. The Hall–Kier alpha value is -2.01. The van der Waals surface area contributed by atoms with Crippen LogP contribution in [0.4, 0.5) is 11.4 Å². The highest BCUT2D eigenvalue weighted by molar-refractivity contribution is 9.10. The highest BCUT2D eigenvalue weighted by atomic mass is 79.9. The van der Waals surface area contributed by atoms with Crippen LogP contribution in [0.25, 0.3) is 0 Å². The van der Waals surface area contributed by atoms with Crippen LogP contribution in [-0.2, 0) is 0 Å². The number of anilines is 2. The molecule has 0 unspecified atom stereocenters. The number of aryl methyl sites for hydroxylation is 1. The van der Waals surface area contributed by atoms with Crippen LogP contribution in [0, 0.1) is 6.92 Å². The Labute approximate surface area is 126 Å². The third-order valence-corrected chi connectivity index (χ3v) is 4.00. The fraction of sp³-hybridized carbons (Fsp3) is 0.133. The standard InChI is InChI=1S/C15H15BrN2O2/c1-9-5-3-7-11(14(9)16)18-15(19)13-10(17)6-4-8-12(13)20-2/h3-8H,17H2,1-2H3,(H,18,19). The maximum atomic E-state index is 12.4. The van der Waals surface area contributed by atoms with Gasteiger partial charge in [-0.25, -0.2) is 0 Å². The van der Waals surface area contributed by atoms with Gasteiger partial charge in [-0.05, 0) is 46.6 Å². The topological polar surface area (TPSA) is 64.3 Å². The van der Waals surface area contributed by atoms with Crippen LogP contribution >= 0.6 is 15.9 Å².